The highest BCUT2D eigenvalue weighted by molar-refractivity contribution is 5.91. The van der Waals surface area contributed by atoms with Crippen molar-refractivity contribution >= 4 is 11.7 Å². The number of carbonyl (C=O) groups is 1. The molecule has 3 aromatic rings. The highest BCUT2D eigenvalue weighted by Gasteiger charge is 2.34. The Hall–Kier alpha value is -3.70. The van der Waals surface area contributed by atoms with Crippen LogP contribution in [-0.4, -0.2) is 35.5 Å². The minimum absolute atomic E-state index is 0.00371. The molecule has 0 spiro atoms. The second-order valence-corrected chi connectivity index (χ2v) is 8.29. The predicted octanol–water partition coefficient (Wildman–Crippen LogP) is 3.54. The molecule has 1 amide bonds. The summed E-state index contributed by atoms with van der Waals surface area (Å²) in [6.07, 6.45) is 1.91. The van der Waals surface area contributed by atoms with Crippen LogP contribution in [0.25, 0.3) is 0 Å². The van der Waals surface area contributed by atoms with Gasteiger partial charge in [0, 0.05) is 17.7 Å². The van der Waals surface area contributed by atoms with Crippen LogP contribution in [0.2, 0.25) is 0 Å². The maximum absolute atomic E-state index is 13.8. The fourth-order valence-corrected chi connectivity index (χ4v) is 3.32. The van der Waals surface area contributed by atoms with E-state index in [1.165, 1.54) is 12.1 Å². The molecule has 32 heavy (non-hydrogen) atoms. The topological polar surface area (TPSA) is 89.2 Å². The van der Waals surface area contributed by atoms with E-state index in [9.17, 15) is 9.18 Å². The highest BCUT2D eigenvalue weighted by atomic mass is 19.1. The standard InChI is InChI=1S/C24H23FN4O3/c1-24(14-31-15-24)16-32-20-6-3-17(4-7-20)11-23(30)27-22-8-9-29(28-22)13-18-2-5-19(12-26)21(25)10-18/h2-10H,11,13-16H2,1H3,(H,27,28,30). The SMILES string of the molecule is CC1(COc2ccc(CC(=O)Nc3ccn(Cc4ccc(C#N)c(F)c4)n3)cc2)COC1. The number of benzene rings is 2. The molecular formula is C24H23FN4O3. The number of aromatic nitrogens is 2. The van der Waals surface area contributed by atoms with Crippen LogP contribution < -0.4 is 10.1 Å². The number of anilines is 1. The number of amides is 1. The third-order valence-electron chi connectivity index (χ3n) is 5.18. The van der Waals surface area contributed by atoms with Gasteiger partial charge in [-0.2, -0.15) is 10.4 Å². The Morgan fingerprint density at radius 3 is 2.66 bits per heavy atom. The van der Waals surface area contributed by atoms with Gasteiger partial charge in [-0.25, -0.2) is 4.39 Å². The Morgan fingerprint density at radius 1 is 1.25 bits per heavy atom. The van der Waals surface area contributed by atoms with Gasteiger partial charge in [-0.15, -0.1) is 0 Å². The lowest BCUT2D eigenvalue weighted by atomic mass is 9.90. The van der Waals surface area contributed by atoms with Crippen molar-refractivity contribution in [3.8, 4) is 11.8 Å². The maximum Gasteiger partial charge on any atom is 0.229 e. The zero-order chi connectivity index (χ0) is 22.6. The summed E-state index contributed by atoms with van der Waals surface area (Å²) in [5.41, 5.74) is 1.61. The fraction of sp³-hybridized carbons (Fsp3) is 0.292. The molecule has 4 rings (SSSR count). The molecule has 7 nitrogen and oxygen atoms in total. The van der Waals surface area contributed by atoms with Crippen LogP contribution in [0.1, 0.15) is 23.6 Å². The molecule has 1 aliphatic rings. The van der Waals surface area contributed by atoms with Crippen LogP contribution in [0, 0.1) is 22.6 Å². The van der Waals surface area contributed by atoms with Crippen molar-refractivity contribution in [3.05, 3.63) is 77.2 Å². The first kappa shape index (κ1) is 21.5. The zero-order valence-electron chi connectivity index (χ0n) is 17.7. The van der Waals surface area contributed by atoms with Crippen LogP contribution in [0.3, 0.4) is 0 Å². The molecule has 0 bridgehead atoms. The van der Waals surface area contributed by atoms with E-state index in [2.05, 4.69) is 17.3 Å². The first-order valence-corrected chi connectivity index (χ1v) is 10.2. The Kier molecular flexibility index (Phi) is 6.19. The summed E-state index contributed by atoms with van der Waals surface area (Å²) in [5.74, 6) is 0.432. The summed E-state index contributed by atoms with van der Waals surface area (Å²) >= 11 is 0. The van der Waals surface area contributed by atoms with Gasteiger partial charge in [0.2, 0.25) is 5.91 Å². The van der Waals surface area contributed by atoms with Crippen molar-refractivity contribution in [2.24, 2.45) is 5.41 Å². The average molecular weight is 434 g/mol. The molecule has 1 fully saturated rings. The van der Waals surface area contributed by atoms with Gasteiger partial charge in [0.25, 0.3) is 0 Å². The lowest BCUT2D eigenvalue weighted by Gasteiger charge is -2.37. The Morgan fingerprint density at radius 2 is 2.00 bits per heavy atom. The van der Waals surface area contributed by atoms with E-state index in [0.29, 0.717) is 37.7 Å². The summed E-state index contributed by atoms with van der Waals surface area (Å²) in [4.78, 5) is 12.4. The van der Waals surface area contributed by atoms with Crippen LogP contribution in [0.15, 0.2) is 54.7 Å². The summed E-state index contributed by atoms with van der Waals surface area (Å²) in [6, 6.07) is 15.4. The summed E-state index contributed by atoms with van der Waals surface area (Å²) < 4.78 is 26.4. The van der Waals surface area contributed by atoms with Crippen LogP contribution in [0.5, 0.6) is 5.75 Å². The molecule has 0 atom stereocenters. The first-order valence-electron chi connectivity index (χ1n) is 10.2. The van der Waals surface area contributed by atoms with Gasteiger partial charge in [-0.3, -0.25) is 9.48 Å². The molecule has 1 aromatic heterocycles. The molecule has 0 saturated carbocycles. The van der Waals surface area contributed by atoms with E-state index in [1.54, 1.807) is 29.1 Å². The third-order valence-corrected chi connectivity index (χ3v) is 5.18. The average Bonchev–Trinajstić information content (AvgIpc) is 3.18. The molecule has 0 aliphatic carbocycles. The van der Waals surface area contributed by atoms with E-state index in [4.69, 9.17) is 14.7 Å². The van der Waals surface area contributed by atoms with Gasteiger partial charge in [-0.1, -0.05) is 25.1 Å². The monoisotopic (exact) mass is 434 g/mol. The minimum atomic E-state index is -0.562. The number of nitrogens with zero attached hydrogens (tertiary/aromatic N) is 3. The highest BCUT2D eigenvalue weighted by Crippen LogP contribution is 2.27. The molecule has 1 N–H and O–H groups in total. The number of carbonyl (C=O) groups excluding carboxylic acids is 1. The van der Waals surface area contributed by atoms with Gasteiger partial charge in [-0.05, 0) is 35.4 Å². The van der Waals surface area contributed by atoms with Gasteiger partial charge in [0.15, 0.2) is 5.82 Å². The van der Waals surface area contributed by atoms with Gasteiger partial charge < -0.3 is 14.8 Å². The van der Waals surface area contributed by atoms with Crippen molar-refractivity contribution < 1.29 is 18.7 Å². The number of ether oxygens (including phenoxy) is 2. The Bertz CT molecular complexity index is 1150. The molecule has 2 aromatic carbocycles. The normalized spacial score (nSPS) is 14.3. The van der Waals surface area contributed by atoms with E-state index in [1.807, 2.05) is 24.3 Å². The molecule has 1 saturated heterocycles. The van der Waals surface area contributed by atoms with Crippen molar-refractivity contribution in [1.29, 1.82) is 5.26 Å². The van der Waals surface area contributed by atoms with E-state index in [-0.39, 0.29) is 23.3 Å². The maximum atomic E-state index is 13.8. The predicted molar refractivity (Wildman–Crippen MR) is 116 cm³/mol. The Labute approximate surface area is 185 Å². The lowest BCUT2D eigenvalue weighted by molar-refractivity contribution is -0.120. The first-order chi connectivity index (χ1) is 15.4. The molecule has 164 valence electrons. The second kappa shape index (κ2) is 9.20. The van der Waals surface area contributed by atoms with E-state index in [0.717, 1.165) is 11.3 Å². The summed E-state index contributed by atoms with van der Waals surface area (Å²) in [5, 5.41) is 15.9. The van der Waals surface area contributed by atoms with Gasteiger partial charge in [0.05, 0.1) is 38.3 Å². The zero-order valence-corrected chi connectivity index (χ0v) is 17.7. The quantitative estimate of drug-likeness (QED) is 0.586. The number of hydrogen-bond acceptors (Lipinski definition) is 5. The van der Waals surface area contributed by atoms with Crippen molar-refractivity contribution in [2.75, 3.05) is 25.1 Å². The number of nitriles is 1. The largest absolute Gasteiger partial charge is 0.493 e. The van der Waals surface area contributed by atoms with Gasteiger partial charge in [0.1, 0.15) is 17.6 Å². The second-order valence-electron chi connectivity index (χ2n) is 8.29. The van der Waals surface area contributed by atoms with Crippen molar-refractivity contribution in [3.63, 3.8) is 0 Å². The molecule has 0 unspecified atom stereocenters. The fourth-order valence-electron chi connectivity index (χ4n) is 3.32. The molecule has 8 heteroatoms. The lowest BCUT2D eigenvalue weighted by Crippen LogP contribution is -2.44. The molecular weight excluding hydrogens is 411 g/mol. The molecule has 0 radical (unpaired) electrons. The Balaban J connectivity index is 1.27. The number of halogens is 1. The number of rotatable bonds is 8. The smallest absolute Gasteiger partial charge is 0.229 e. The summed E-state index contributed by atoms with van der Waals surface area (Å²) in [6.45, 7) is 4.48. The van der Waals surface area contributed by atoms with Crippen LogP contribution in [-0.2, 0) is 22.5 Å². The van der Waals surface area contributed by atoms with Crippen molar-refractivity contribution in [2.45, 2.75) is 19.9 Å². The minimum Gasteiger partial charge on any atom is -0.493 e. The third kappa shape index (κ3) is 5.31. The van der Waals surface area contributed by atoms with Crippen LogP contribution in [0.4, 0.5) is 10.2 Å². The van der Waals surface area contributed by atoms with Crippen LogP contribution >= 0.6 is 0 Å². The van der Waals surface area contributed by atoms with E-state index < -0.39 is 5.82 Å². The summed E-state index contributed by atoms with van der Waals surface area (Å²) in [7, 11) is 0. The molecule has 1 aliphatic heterocycles. The van der Waals surface area contributed by atoms with Gasteiger partial charge >= 0.3 is 0 Å². The molecule has 2 heterocycles. The number of nitrogens with one attached hydrogen (secondary N) is 1. The number of hydrogen-bond donors (Lipinski definition) is 1. The van der Waals surface area contributed by atoms with E-state index >= 15 is 0 Å². The van der Waals surface area contributed by atoms with Crippen molar-refractivity contribution in [1.82, 2.24) is 9.78 Å².